The van der Waals surface area contributed by atoms with Gasteiger partial charge in [-0.1, -0.05) is 35.9 Å². The standard InChI is InChI=1S/C26H23BrN2O3/c1-3-31-25-13-8-20(15-24(25)27)14-21(16-28)26(30)29-22-9-11-23(12-10-22)32-17-19-6-4-18(2)5-7-19/h4-15H,3,17H2,1-2H3,(H,29,30)/b21-14+. The van der Waals surface area contributed by atoms with Crippen LogP contribution < -0.4 is 14.8 Å². The molecule has 32 heavy (non-hydrogen) atoms. The molecule has 1 N–H and O–H groups in total. The summed E-state index contributed by atoms with van der Waals surface area (Å²) < 4.78 is 12.0. The first-order valence-electron chi connectivity index (χ1n) is 10.1. The van der Waals surface area contributed by atoms with Crippen LogP contribution in [0.2, 0.25) is 0 Å². The Balaban J connectivity index is 1.62. The van der Waals surface area contributed by atoms with Crippen molar-refractivity contribution in [3.63, 3.8) is 0 Å². The van der Waals surface area contributed by atoms with E-state index in [9.17, 15) is 10.1 Å². The molecule has 3 aromatic rings. The lowest BCUT2D eigenvalue weighted by molar-refractivity contribution is -0.112. The van der Waals surface area contributed by atoms with Crippen LogP contribution in [0.15, 0.2) is 76.8 Å². The fourth-order valence-corrected chi connectivity index (χ4v) is 3.39. The predicted octanol–water partition coefficient (Wildman–Crippen LogP) is 6.28. The number of carbonyl (C=O) groups is 1. The minimum absolute atomic E-state index is 0.000701. The van der Waals surface area contributed by atoms with Crippen molar-refractivity contribution in [2.24, 2.45) is 0 Å². The first kappa shape index (κ1) is 23.1. The lowest BCUT2D eigenvalue weighted by Crippen LogP contribution is -2.13. The van der Waals surface area contributed by atoms with Gasteiger partial charge in [-0.3, -0.25) is 4.79 Å². The summed E-state index contributed by atoms with van der Waals surface area (Å²) in [6.45, 7) is 4.96. The quantitative estimate of drug-likeness (QED) is 0.297. The maximum atomic E-state index is 12.6. The number of aryl methyl sites for hydroxylation is 1. The van der Waals surface area contributed by atoms with Gasteiger partial charge in [-0.25, -0.2) is 0 Å². The number of nitriles is 1. The van der Waals surface area contributed by atoms with Crippen molar-refractivity contribution in [2.75, 3.05) is 11.9 Å². The highest BCUT2D eigenvalue weighted by Crippen LogP contribution is 2.27. The zero-order chi connectivity index (χ0) is 22.9. The molecule has 0 aromatic heterocycles. The Morgan fingerprint density at radius 1 is 1.06 bits per heavy atom. The average molecular weight is 491 g/mol. The molecule has 0 aliphatic rings. The second-order valence-corrected chi connectivity index (χ2v) is 7.90. The van der Waals surface area contributed by atoms with Crippen LogP contribution >= 0.6 is 15.9 Å². The van der Waals surface area contributed by atoms with Gasteiger partial charge in [0.2, 0.25) is 0 Å². The van der Waals surface area contributed by atoms with Gasteiger partial charge in [0.15, 0.2) is 0 Å². The van der Waals surface area contributed by atoms with Gasteiger partial charge in [-0.05, 0) is 83.4 Å². The Labute approximate surface area is 196 Å². The molecule has 0 aliphatic heterocycles. The molecule has 0 spiro atoms. The molecule has 0 radical (unpaired) electrons. The summed E-state index contributed by atoms with van der Waals surface area (Å²) in [5.41, 5.74) is 3.58. The molecule has 5 nitrogen and oxygen atoms in total. The van der Waals surface area contributed by atoms with Gasteiger partial charge in [0.05, 0.1) is 11.1 Å². The van der Waals surface area contributed by atoms with Crippen molar-refractivity contribution in [1.29, 1.82) is 5.26 Å². The van der Waals surface area contributed by atoms with Crippen molar-refractivity contribution in [2.45, 2.75) is 20.5 Å². The highest BCUT2D eigenvalue weighted by Gasteiger charge is 2.11. The number of hydrogen-bond donors (Lipinski definition) is 1. The van der Waals surface area contributed by atoms with E-state index in [-0.39, 0.29) is 5.57 Å². The number of rotatable bonds is 8. The maximum absolute atomic E-state index is 12.6. The molecular formula is C26H23BrN2O3. The minimum atomic E-state index is -0.481. The number of halogens is 1. The minimum Gasteiger partial charge on any atom is -0.493 e. The van der Waals surface area contributed by atoms with E-state index in [1.807, 2.05) is 44.2 Å². The Hall–Kier alpha value is -3.56. The Bertz CT molecular complexity index is 1150. The Morgan fingerprint density at radius 3 is 2.41 bits per heavy atom. The number of nitrogens with zero attached hydrogens (tertiary/aromatic N) is 1. The number of ether oxygens (including phenoxy) is 2. The molecule has 0 saturated heterocycles. The van der Waals surface area contributed by atoms with Crippen molar-refractivity contribution < 1.29 is 14.3 Å². The third-order valence-corrected chi connectivity index (χ3v) is 5.19. The molecule has 0 aliphatic carbocycles. The molecule has 162 valence electrons. The lowest BCUT2D eigenvalue weighted by atomic mass is 10.1. The molecule has 3 aromatic carbocycles. The van der Waals surface area contributed by atoms with Crippen LogP contribution in [0.4, 0.5) is 5.69 Å². The Kier molecular flexibility index (Phi) is 8.07. The van der Waals surface area contributed by atoms with Crippen molar-refractivity contribution in [3.8, 4) is 17.6 Å². The number of anilines is 1. The third-order valence-electron chi connectivity index (χ3n) is 4.57. The molecule has 0 fully saturated rings. The molecular weight excluding hydrogens is 468 g/mol. The van der Waals surface area contributed by atoms with Crippen LogP contribution in [-0.2, 0) is 11.4 Å². The highest BCUT2D eigenvalue weighted by molar-refractivity contribution is 9.10. The lowest BCUT2D eigenvalue weighted by Gasteiger charge is -2.09. The van der Waals surface area contributed by atoms with Crippen molar-refractivity contribution in [3.05, 3.63) is 93.5 Å². The topological polar surface area (TPSA) is 71.3 Å². The fourth-order valence-electron chi connectivity index (χ4n) is 2.88. The van der Waals surface area contributed by atoms with Crippen LogP contribution in [0.25, 0.3) is 6.08 Å². The summed E-state index contributed by atoms with van der Waals surface area (Å²) in [5.74, 6) is 0.919. The fraction of sp³-hybridized carbons (Fsp3) is 0.154. The van der Waals surface area contributed by atoms with Crippen LogP contribution in [0.3, 0.4) is 0 Å². The number of nitrogens with one attached hydrogen (secondary N) is 1. The van der Waals surface area contributed by atoms with Gasteiger partial charge in [-0.2, -0.15) is 5.26 Å². The normalized spacial score (nSPS) is 10.9. The predicted molar refractivity (Wildman–Crippen MR) is 129 cm³/mol. The van der Waals surface area contributed by atoms with Gasteiger partial charge in [0, 0.05) is 5.69 Å². The smallest absolute Gasteiger partial charge is 0.266 e. The largest absolute Gasteiger partial charge is 0.493 e. The van der Waals surface area contributed by atoms with E-state index >= 15 is 0 Å². The van der Waals surface area contributed by atoms with Gasteiger partial charge >= 0.3 is 0 Å². The Morgan fingerprint density at radius 2 is 1.78 bits per heavy atom. The first-order valence-corrected chi connectivity index (χ1v) is 10.9. The molecule has 0 heterocycles. The van der Waals surface area contributed by atoms with E-state index in [4.69, 9.17) is 9.47 Å². The van der Waals surface area contributed by atoms with Crippen molar-refractivity contribution in [1.82, 2.24) is 0 Å². The summed E-state index contributed by atoms with van der Waals surface area (Å²) >= 11 is 3.44. The van der Waals surface area contributed by atoms with E-state index in [0.717, 1.165) is 10.0 Å². The van der Waals surface area contributed by atoms with E-state index in [1.165, 1.54) is 11.6 Å². The third kappa shape index (κ3) is 6.47. The second kappa shape index (κ2) is 11.2. The van der Waals surface area contributed by atoms with E-state index in [1.54, 1.807) is 42.5 Å². The molecule has 3 rings (SSSR count). The molecule has 0 saturated carbocycles. The maximum Gasteiger partial charge on any atom is 0.266 e. The van der Waals surface area contributed by atoms with Gasteiger partial charge in [0.1, 0.15) is 29.7 Å². The summed E-state index contributed by atoms with van der Waals surface area (Å²) in [4.78, 5) is 12.6. The van der Waals surface area contributed by atoms with E-state index in [0.29, 0.717) is 36.0 Å². The van der Waals surface area contributed by atoms with Gasteiger partial charge in [0.25, 0.3) is 5.91 Å². The molecule has 0 unspecified atom stereocenters. The highest BCUT2D eigenvalue weighted by atomic mass is 79.9. The first-order chi connectivity index (χ1) is 15.5. The summed E-state index contributed by atoms with van der Waals surface area (Å²) in [6, 6.07) is 22.5. The number of carbonyl (C=O) groups excluding carboxylic acids is 1. The van der Waals surface area contributed by atoms with Crippen LogP contribution in [0.5, 0.6) is 11.5 Å². The van der Waals surface area contributed by atoms with Crippen molar-refractivity contribution >= 4 is 33.6 Å². The molecule has 0 bridgehead atoms. The van der Waals surface area contributed by atoms with Crippen LogP contribution in [0.1, 0.15) is 23.6 Å². The number of amides is 1. The average Bonchev–Trinajstić information content (AvgIpc) is 2.80. The van der Waals surface area contributed by atoms with E-state index in [2.05, 4.69) is 21.2 Å². The molecule has 6 heteroatoms. The monoisotopic (exact) mass is 490 g/mol. The van der Waals surface area contributed by atoms with Gasteiger partial charge in [-0.15, -0.1) is 0 Å². The SMILES string of the molecule is CCOc1ccc(/C=C(\C#N)C(=O)Nc2ccc(OCc3ccc(C)cc3)cc2)cc1Br. The molecule has 1 amide bonds. The summed E-state index contributed by atoms with van der Waals surface area (Å²) in [6.07, 6.45) is 1.54. The number of benzene rings is 3. The number of hydrogen-bond acceptors (Lipinski definition) is 4. The zero-order valence-electron chi connectivity index (χ0n) is 17.9. The summed E-state index contributed by atoms with van der Waals surface area (Å²) in [5, 5.41) is 12.2. The van der Waals surface area contributed by atoms with E-state index < -0.39 is 5.91 Å². The van der Waals surface area contributed by atoms with Crippen LogP contribution in [0, 0.1) is 18.3 Å². The van der Waals surface area contributed by atoms with Gasteiger partial charge < -0.3 is 14.8 Å². The second-order valence-electron chi connectivity index (χ2n) is 7.05. The summed E-state index contributed by atoms with van der Waals surface area (Å²) in [7, 11) is 0. The molecule has 0 atom stereocenters. The van der Waals surface area contributed by atoms with Crippen LogP contribution in [-0.4, -0.2) is 12.5 Å². The zero-order valence-corrected chi connectivity index (χ0v) is 19.5.